The Hall–Kier alpha value is -2.60. The summed E-state index contributed by atoms with van der Waals surface area (Å²) < 4.78 is 1.81. The highest BCUT2D eigenvalue weighted by Crippen LogP contribution is 2.32. The normalized spacial score (nSPS) is 14.9. The monoisotopic (exact) mass is 472 g/mol. The van der Waals surface area contributed by atoms with E-state index >= 15 is 0 Å². The van der Waals surface area contributed by atoms with E-state index in [9.17, 15) is 10.1 Å². The molecular weight excluding hydrogens is 455 g/mol. The van der Waals surface area contributed by atoms with E-state index in [0.29, 0.717) is 39.6 Å². The molecule has 1 N–H and O–H groups in total. The molecule has 0 radical (unpaired) electrons. The number of carbonyl (C=O) groups is 1. The van der Waals surface area contributed by atoms with Gasteiger partial charge in [0.05, 0.1) is 27.6 Å². The molecule has 7 nitrogen and oxygen atoms in total. The zero-order chi connectivity index (χ0) is 21.8. The molecule has 0 atom stereocenters. The second kappa shape index (κ2) is 9.27. The van der Waals surface area contributed by atoms with E-state index in [-0.39, 0.29) is 11.7 Å². The maximum atomic E-state index is 12.6. The van der Waals surface area contributed by atoms with Gasteiger partial charge in [0.1, 0.15) is 5.54 Å². The number of rotatable bonds is 6. The highest BCUT2D eigenvalue weighted by Gasteiger charge is 2.35. The summed E-state index contributed by atoms with van der Waals surface area (Å²) in [5.41, 5.74) is 0.729. The van der Waals surface area contributed by atoms with Crippen LogP contribution in [0.3, 0.4) is 0 Å². The van der Waals surface area contributed by atoms with Gasteiger partial charge in [-0.1, -0.05) is 35.0 Å². The Morgan fingerprint density at radius 2 is 2.03 bits per heavy atom. The topological polar surface area (TPSA) is 96.5 Å². The fraction of sp³-hybridized carbons (Fsp3) is 0.286. The van der Waals surface area contributed by atoms with Crippen LogP contribution in [0.4, 0.5) is 0 Å². The lowest BCUT2D eigenvalue weighted by molar-refractivity contribution is -0.119. The molecule has 1 fully saturated rings. The van der Waals surface area contributed by atoms with Crippen LogP contribution in [-0.4, -0.2) is 36.9 Å². The average Bonchev–Trinajstić information content (AvgIpc) is 3.42. The lowest BCUT2D eigenvalue weighted by Crippen LogP contribution is -2.45. The first-order valence-corrected chi connectivity index (χ1v) is 11.4. The van der Waals surface area contributed by atoms with Gasteiger partial charge in [0.15, 0.2) is 11.0 Å². The van der Waals surface area contributed by atoms with Crippen molar-refractivity contribution in [3.05, 3.63) is 52.8 Å². The fourth-order valence-corrected chi connectivity index (χ4v) is 4.62. The van der Waals surface area contributed by atoms with Crippen LogP contribution in [-0.2, 0) is 4.79 Å². The number of amides is 1. The van der Waals surface area contributed by atoms with Crippen LogP contribution < -0.4 is 5.32 Å². The summed E-state index contributed by atoms with van der Waals surface area (Å²) in [7, 11) is 0. The first-order valence-electron chi connectivity index (χ1n) is 9.68. The van der Waals surface area contributed by atoms with Crippen molar-refractivity contribution in [3.8, 4) is 23.1 Å². The minimum absolute atomic E-state index is 0.107. The smallest absolute Gasteiger partial charge is 0.231 e. The number of benzene rings is 1. The molecule has 3 aromatic rings. The number of carbonyl (C=O) groups excluding carboxylic acids is 1. The molecule has 2 heterocycles. The van der Waals surface area contributed by atoms with Gasteiger partial charge in [0.2, 0.25) is 5.91 Å². The van der Waals surface area contributed by atoms with E-state index in [0.717, 1.165) is 18.4 Å². The number of halogens is 2. The zero-order valence-corrected chi connectivity index (χ0v) is 18.7. The molecule has 158 valence electrons. The van der Waals surface area contributed by atoms with Crippen LogP contribution in [0, 0.1) is 11.3 Å². The molecular formula is C21H18Cl2N6OS. The number of thioether (sulfide) groups is 1. The van der Waals surface area contributed by atoms with Gasteiger partial charge >= 0.3 is 0 Å². The number of nitrogens with one attached hydrogen (secondary N) is 1. The van der Waals surface area contributed by atoms with Crippen molar-refractivity contribution in [3.63, 3.8) is 0 Å². The highest BCUT2D eigenvalue weighted by atomic mass is 35.5. The summed E-state index contributed by atoms with van der Waals surface area (Å²) >= 11 is 13.6. The molecule has 31 heavy (non-hydrogen) atoms. The molecule has 1 aliphatic carbocycles. The van der Waals surface area contributed by atoms with E-state index in [2.05, 4.69) is 26.6 Å². The van der Waals surface area contributed by atoms with Crippen molar-refractivity contribution in [2.75, 3.05) is 5.75 Å². The van der Waals surface area contributed by atoms with E-state index in [1.807, 2.05) is 22.8 Å². The van der Waals surface area contributed by atoms with Crippen molar-refractivity contribution in [2.24, 2.45) is 0 Å². The number of pyridine rings is 1. The van der Waals surface area contributed by atoms with E-state index in [1.54, 1.807) is 24.5 Å². The zero-order valence-electron chi connectivity index (χ0n) is 16.4. The number of nitriles is 1. The van der Waals surface area contributed by atoms with Gasteiger partial charge in [0.25, 0.3) is 0 Å². The Labute approximate surface area is 193 Å². The van der Waals surface area contributed by atoms with Gasteiger partial charge in [0, 0.05) is 18.0 Å². The van der Waals surface area contributed by atoms with E-state index in [1.165, 1.54) is 11.8 Å². The van der Waals surface area contributed by atoms with Crippen LogP contribution in [0.2, 0.25) is 10.0 Å². The van der Waals surface area contributed by atoms with Crippen molar-refractivity contribution in [1.82, 2.24) is 25.1 Å². The first-order chi connectivity index (χ1) is 15.0. The molecule has 1 amide bonds. The molecule has 0 aliphatic heterocycles. The van der Waals surface area contributed by atoms with Crippen molar-refractivity contribution in [1.29, 1.82) is 5.26 Å². The molecule has 0 bridgehead atoms. The summed E-state index contributed by atoms with van der Waals surface area (Å²) in [6, 6.07) is 11.2. The van der Waals surface area contributed by atoms with Crippen molar-refractivity contribution >= 4 is 40.9 Å². The summed E-state index contributed by atoms with van der Waals surface area (Å²) in [5.74, 6) is 0.467. The number of aromatic nitrogens is 4. The van der Waals surface area contributed by atoms with Gasteiger partial charge in [-0.2, -0.15) is 5.26 Å². The minimum atomic E-state index is -0.754. The Kier molecular flexibility index (Phi) is 6.46. The SMILES string of the molecule is N#CC1(NC(=O)CSc2nnc(-c3cccnc3)n2-c2ccc(Cl)c(Cl)c2)CCCC1. The van der Waals surface area contributed by atoms with Crippen LogP contribution >= 0.6 is 35.0 Å². The second-order valence-electron chi connectivity index (χ2n) is 7.22. The average molecular weight is 473 g/mol. The van der Waals surface area contributed by atoms with Gasteiger partial charge in [-0.05, 0) is 56.0 Å². The lowest BCUT2D eigenvalue weighted by atomic mass is 10.0. The van der Waals surface area contributed by atoms with Crippen LogP contribution in [0.5, 0.6) is 0 Å². The van der Waals surface area contributed by atoms with Gasteiger partial charge in [-0.15, -0.1) is 10.2 Å². The number of hydrogen-bond donors (Lipinski definition) is 1. The maximum Gasteiger partial charge on any atom is 0.231 e. The minimum Gasteiger partial charge on any atom is -0.337 e. The quantitative estimate of drug-likeness (QED) is 0.523. The maximum absolute atomic E-state index is 12.6. The Morgan fingerprint density at radius 3 is 2.71 bits per heavy atom. The Morgan fingerprint density at radius 1 is 1.23 bits per heavy atom. The third kappa shape index (κ3) is 4.69. The summed E-state index contributed by atoms with van der Waals surface area (Å²) in [6.07, 6.45) is 6.63. The predicted octanol–water partition coefficient (Wildman–Crippen LogP) is 4.68. The number of nitrogens with zero attached hydrogens (tertiary/aromatic N) is 5. The predicted molar refractivity (Wildman–Crippen MR) is 120 cm³/mol. The molecule has 2 aromatic heterocycles. The standard InChI is InChI=1S/C21H18Cl2N6OS/c22-16-6-5-15(10-17(16)23)29-19(14-4-3-9-25-11-14)27-28-20(29)31-12-18(30)26-21(13-24)7-1-2-8-21/h3-6,9-11H,1-2,7-8,12H2,(H,26,30). The number of hydrogen-bond acceptors (Lipinski definition) is 6. The van der Waals surface area contributed by atoms with Crippen LogP contribution in [0.15, 0.2) is 47.9 Å². The van der Waals surface area contributed by atoms with Crippen LogP contribution in [0.1, 0.15) is 25.7 Å². The Bertz CT molecular complexity index is 1140. The highest BCUT2D eigenvalue weighted by molar-refractivity contribution is 7.99. The molecule has 1 aliphatic rings. The fourth-order valence-electron chi connectivity index (χ4n) is 3.58. The third-order valence-electron chi connectivity index (χ3n) is 5.10. The third-order valence-corrected chi connectivity index (χ3v) is 6.76. The van der Waals surface area contributed by atoms with Crippen LogP contribution in [0.25, 0.3) is 17.1 Å². The van der Waals surface area contributed by atoms with Crippen molar-refractivity contribution in [2.45, 2.75) is 36.4 Å². The summed E-state index contributed by atoms with van der Waals surface area (Å²) in [6.45, 7) is 0. The summed E-state index contributed by atoms with van der Waals surface area (Å²) in [4.78, 5) is 16.7. The first kappa shape index (κ1) is 21.6. The molecule has 1 saturated carbocycles. The summed E-state index contributed by atoms with van der Waals surface area (Å²) in [5, 5.41) is 22.4. The molecule has 10 heteroatoms. The van der Waals surface area contributed by atoms with Gasteiger partial charge in [-0.25, -0.2) is 0 Å². The molecule has 1 aromatic carbocycles. The Balaban J connectivity index is 1.62. The second-order valence-corrected chi connectivity index (χ2v) is 8.98. The largest absolute Gasteiger partial charge is 0.337 e. The molecule has 0 saturated heterocycles. The lowest BCUT2D eigenvalue weighted by Gasteiger charge is -2.21. The van der Waals surface area contributed by atoms with E-state index < -0.39 is 5.54 Å². The molecule has 0 spiro atoms. The van der Waals surface area contributed by atoms with E-state index in [4.69, 9.17) is 23.2 Å². The molecule has 4 rings (SSSR count). The van der Waals surface area contributed by atoms with Crippen molar-refractivity contribution < 1.29 is 4.79 Å². The van der Waals surface area contributed by atoms with Gasteiger partial charge < -0.3 is 5.32 Å². The molecule has 0 unspecified atom stereocenters. The van der Waals surface area contributed by atoms with Gasteiger partial charge in [-0.3, -0.25) is 14.3 Å².